The molecule has 0 unspecified atom stereocenters. The van der Waals surface area contributed by atoms with Gasteiger partial charge >= 0.3 is 0 Å². The van der Waals surface area contributed by atoms with Crippen molar-refractivity contribution in [2.45, 2.75) is 5.92 Å². The molecule has 0 aliphatic rings. The molecule has 0 saturated carbocycles. The number of hydrogen-bond donors (Lipinski definition) is 2. The van der Waals surface area contributed by atoms with Crippen molar-refractivity contribution in [3.63, 3.8) is 0 Å². The molecule has 1 rings (SSSR count). The molecule has 0 atom stereocenters. The summed E-state index contributed by atoms with van der Waals surface area (Å²) in [6.45, 7) is -2.58. The topological polar surface area (TPSA) is 66.4 Å². The van der Waals surface area contributed by atoms with E-state index in [1.807, 2.05) is 0 Å². The van der Waals surface area contributed by atoms with Crippen molar-refractivity contribution in [3.05, 3.63) is 40.3 Å². The molecule has 1 aromatic carbocycles. The van der Waals surface area contributed by atoms with Crippen molar-refractivity contribution in [1.29, 1.82) is 0 Å². The number of aliphatic hydroxyl groups is 1. The van der Waals surface area contributed by atoms with Gasteiger partial charge in [-0.15, -0.1) is 0 Å². The number of benzene rings is 1. The second-order valence-corrected chi connectivity index (χ2v) is 5.82. The predicted molar refractivity (Wildman–Crippen MR) is 69.4 cm³/mol. The Hall–Kier alpha value is -1.02. The summed E-state index contributed by atoms with van der Waals surface area (Å²) in [5, 5.41) is 9.58. The number of hydrogen-bond acceptors (Lipinski definition) is 3. The van der Waals surface area contributed by atoms with Crippen LogP contribution in [-0.4, -0.2) is 32.6 Å². The van der Waals surface area contributed by atoms with Crippen molar-refractivity contribution in [2.75, 3.05) is 13.2 Å². The fourth-order valence-corrected chi connectivity index (χ4v) is 2.02. The summed E-state index contributed by atoms with van der Waals surface area (Å²) in [5.41, 5.74) is 0.559. The van der Waals surface area contributed by atoms with E-state index in [2.05, 4.69) is 0 Å². The lowest BCUT2D eigenvalue weighted by Gasteiger charge is -2.12. The van der Waals surface area contributed by atoms with E-state index >= 15 is 0 Å². The molecule has 106 valence electrons. The number of nitrogens with one attached hydrogen (secondary N) is 1. The summed E-state index contributed by atoms with van der Waals surface area (Å²) in [6.07, 6.45) is 1.25. The minimum absolute atomic E-state index is 0.501. The van der Waals surface area contributed by atoms with Crippen LogP contribution in [0, 0.1) is 0 Å². The van der Waals surface area contributed by atoms with Crippen LogP contribution in [-0.2, 0) is 10.0 Å². The van der Waals surface area contributed by atoms with Crippen LogP contribution in [0.25, 0.3) is 6.08 Å². The van der Waals surface area contributed by atoms with Crippen LogP contribution < -0.4 is 4.72 Å². The van der Waals surface area contributed by atoms with E-state index in [0.29, 0.717) is 10.6 Å². The van der Waals surface area contributed by atoms with E-state index in [9.17, 15) is 17.2 Å². The molecule has 0 radical (unpaired) electrons. The fraction of sp³-hybridized carbons (Fsp3) is 0.273. The highest BCUT2D eigenvalue weighted by molar-refractivity contribution is 7.92. The van der Waals surface area contributed by atoms with Crippen LogP contribution in [0.4, 0.5) is 8.78 Å². The lowest BCUT2D eigenvalue weighted by atomic mass is 10.2. The third kappa shape index (κ3) is 6.11. The SMILES string of the molecule is O=S(=O)(/C=C/c1ccc(Cl)cc1)NCC(F)(F)CO. The van der Waals surface area contributed by atoms with Gasteiger partial charge in [0.2, 0.25) is 10.0 Å². The molecule has 1 aromatic rings. The summed E-state index contributed by atoms with van der Waals surface area (Å²) >= 11 is 5.66. The maximum absolute atomic E-state index is 12.7. The Bertz CT molecular complexity index is 544. The molecular formula is C11H12ClF2NO3S. The normalized spacial score (nSPS) is 13.1. The number of rotatable bonds is 6. The molecule has 2 N–H and O–H groups in total. The Morgan fingerprint density at radius 2 is 1.89 bits per heavy atom. The average molecular weight is 312 g/mol. The minimum Gasteiger partial charge on any atom is -0.390 e. The van der Waals surface area contributed by atoms with E-state index in [4.69, 9.17) is 16.7 Å². The third-order valence-electron chi connectivity index (χ3n) is 2.07. The quantitative estimate of drug-likeness (QED) is 0.842. The van der Waals surface area contributed by atoms with Crippen LogP contribution in [0.1, 0.15) is 5.56 Å². The Labute approximate surface area is 114 Å². The van der Waals surface area contributed by atoms with Crippen LogP contribution in [0.3, 0.4) is 0 Å². The Morgan fingerprint density at radius 1 is 1.32 bits per heavy atom. The number of halogens is 3. The van der Waals surface area contributed by atoms with Crippen LogP contribution in [0.5, 0.6) is 0 Å². The van der Waals surface area contributed by atoms with Gasteiger partial charge in [-0.05, 0) is 23.8 Å². The average Bonchev–Trinajstić information content (AvgIpc) is 2.36. The number of alkyl halides is 2. The molecule has 0 aliphatic heterocycles. The second kappa shape index (κ2) is 6.42. The number of aliphatic hydroxyl groups excluding tert-OH is 1. The van der Waals surface area contributed by atoms with Gasteiger partial charge < -0.3 is 5.11 Å². The van der Waals surface area contributed by atoms with Crippen molar-refractivity contribution in [2.24, 2.45) is 0 Å². The van der Waals surface area contributed by atoms with Gasteiger partial charge in [-0.1, -0.05) is 23.7 Å². The largest absolute Gasteiger partial charge is 0.390 e. The molecule has 0 heterocycles. The van der Waals surface area contributed by atoms with E-state index in [-0.39, 0.29) is 0 Å². The highest BCUT2D eigenvalue weighted by Gasteiger charge is 2.29. The molecule has 0 aromatic heterocycles. The summed E-state index contributed by atoms with van der Waals surface area (Å²) in [5.74, 6) is -3.48. The van der Waals surface area contributed by atoms with Gasteiger partial charge in [0.1, 0.15) is 6.61 Å². The monoisotopic (exact) mass is 311 g/mol. The Kier molecular flexibility index (Phi) is 5.42. The van der Waals surface area contributed by atoms with E-state index < -0.39 is 29.1 Å². The molecule has 0 bridgehead atoms. The lowest BCUT2D eigenvalue weighted by molar-refractivity contribution is -0.0436. The molecular weight excluding hydrogens is 300 g/mol. The van der Waals surface area contributed by atoms with Gasteiger partial charge in [0.05, 0.1) is 6.54 Å². The first-order chi connectivity index (χ1) is 8.74. The maximum atomic E-state index is 12.7. The standard InChI is InChI=1S/C11H12ClF2NO3S/c12-10-3-1-9(2-4-10)5-6-19(17,18)15-7-11(13,14)8-16/h1-6,15-16H,7-8H2/b6-5+. The highest BCUT2D eigenvalue weighted by atomic mass is 35.5. The minimum atomic E-state index is -3.99. The summed E-state index contributed by atoms with van der Waals surface area (Å²) < 4.78 is 49.8. The zero-order valence-corrected chi connectivity index (χ0v) is 11.3. The maximum Gasteiger partial charge on any atom is 0.283 e. The number of sulfonamides is 1. The van der Waals surface area contributed by atoms with Gasteiger partial charge in [-0.2, -0.15) is 0 Å². The van der Waals surface area contributed by atoms with Gasteiger partial charge in [0.15, 0.2) is 0 Å². The van der Waals surface area contributed by atoms with Crippen molar-refractivity contribution in [3.8, 4) is 0 Å². The summed E-state index contributed by atoms with van der Waals surface area (Å²) in [4.78, 5) is 0. The van der Waals surface area contributed by atoms with Crippen molar-refractivity contribution >= 4 is 27.7 Å². The van der Waals surface area contributed by atoms with Crippen LogP contribution in [0.2, 0.25) is 5.02 Å². The Morgan fingerprint density at radius 3 is 2.42 bits per heavy atom. The molecule has 0 fully saturated rings. The zero-order valence-electron chi connectivity index (χ0n) is 9.68. The first-order valence-corrected chi connectivity index (χ1v) is 7.08. The summed E-state index contributed by atoms with van der Waals surface area (Å²) in [6, 6.07) is 6.30. The van der Waals surface area contributed by atoms with E-state index in [1.165, 1.54) is 6.08 Å². The van der Waals surface area contributed by atoms with Crippen LogP contribution >= 0.6 is 11.6 Å². The van der Waals surface area contributed by atoms with Crippen LogP contribution in [0.15, 0.2) is 29.7 Å². The van der Waals surface area contributed by atoms with Gasteiger partial charge in [0, 0.05) is 10.4 Å². The third-order valence-corrected chi connectivity index (χ3v) is 3.37. The Balaban J connectivity index is 2.67. The van der Waals surface area contributed by atoms with Crippen molar-refractivity contribution < 1.29 is 22.3 Å². The van der Waals surface area contributed by atoms with E-state index in [1.54, 1.807) is 29.0 Å². The second-order valence-electron chi connectivity index (χ2n) is 3.73. The molecule has 8 heteroatoms. The molecule has 19 heavy (non-hydrogen) atoms. The molecule has 0 saturated heterocycles. The van der Waals surface area contributed by atoms with Gasteiger partial charge in [0.25, 0.3) is 5.92 Å². The molecule has 0 spiro atoms. The first kappa shape index (κ1) is 16.0. The highest BCUT2D eigenvalue weighted by Crippen LogP contribution is 2.12. The van der Waals surface area contributed by atoms with Crippen molar-refractivity contribution in [1.82, 2.24) is 4.72 Å². The van der Waals surface area contributed by atoms with E-state index in [0.717, 1.165) is 5.41 Å². The lowest BCUT2D eigenvalue weighted by Crippen LogP contribution is -2.38. The van der Waals surface area contributed by atoms with Gasteiger partial charge in [-0.25, -0.2) is 21.9 Å². The first-order valence-electron chi connectivity index (χ1n) is 5.16. The molecule has 0 aliphatic carbocycles. The molecule has 4 nitrogen and oxygen atoms in total. The molecule has 0 amide bonds. The zero-order chi connectivity index (χ0) is 14.5. The predicted octanol–water partition coefficient (Wildman–Crippen LogP) is 1.86. The smallest absolute Gasteiger partial charge is 0.283 e. The fourth-order valence-electron chi connectivity index (χ4n) is 1.05. The van der Waals surface area contributed by atoms with Gasteiger partial charge in [-0.3, -0.25) is 0 Å². The summed E-state index contributed by atoms with van der Waals surface area (Å²) in [7, 11) is -3.99.